The first-order chi connectivity index (χ1) is 15.2. The molecule has 1 aromatic heterocycles. The average Bonchev–Trinajstić information content (AvgIpc) is 3.34. The predicted molar refractivity (Wildman–Crippen MR) is 123 cm³/mol. The number of fused-ring (bicyclic) bond motifs is 2. The van der Waals surface area contributed by atoms with Crippen LogP contribution in [0.3, 0.4) is 0 Å². The summed E-state index contributed by atoms with van der Waals surface area (Å²) in [6, 6.07) is 9.09. The summed E-state index contributed by atoms with van der Waals surface area (Å²) in [4.78, 5) is 7.51. The molecule has 2 fully saturated rings. The van der Waals surface area contributed by atoms with E-state index < -0.39 is 16.1 Å². The van der Waals surface area contributed by atoms with Crippen molar-refractivity contribution in [1.82, 2.24) is 14.3 Å². The zero-order valence-electron chi connectivity index (χ0n) is 16.8. The van der Waals surface area contributed by atoms with Crippen LogP contribution in [0.1, 0.15) is 25.7 Å². The van der Waals surface area contributed by atoms with Gasteiger partial charge in [0.05, 0.1) is 27.5 Å². The SMILES string of the molecule is O=S(=O)(c1cc(-c2ncc(-c3ccc(Br)c(F)c3)[nH]2)ccc1Cl)N1C2CC[C@@H]1C[C@H](O)C2. The minimum absolute atomic E-state index is 0.0255. The molecule has 1 unspecified atom stereocenters. The minimum atomic E-state index is -3.84. The molecule has 2 aliphatic heterocycles. The zero-order valence-corrected chi connectivity index (χ0v) is 20.0. The summed E-state index contributed by atoms with van der Waals surface area (Å²) in [6.45, 7) is 0. The van der Waals surface area contributed by atoms with Crippen molar-refractivity contribution in [2.45, 2.75) is 48.8 Å². The first-order valence-electron chi connectivity index (χ1n) is 10.3. The van der Waals surface area contributed by atoms with Gasteiger partial charge in [0.25, 0.3) is 0 Å². The molecule has 0 amide bonds. The summed E-state index contributed by atoms with van der Waals surface area (Å²) >= 11 is 9.47. The van der Waals surface area contributed by atoms with Crippen molar-refractivity contribution in [1.29, 1.82) is 0 Å². The Hall–Kier alpha value is -1.78. The fourth-order valence-corrected chi connectivity index (χ4v) is 7.38. The second kappa shape index (κ2) is 8.22. The molecular weight excluding hydrogens is 521 g/mol. The van der Waals surface area contributed by atoms with Gasteiger partial charge in [0.2, 0.25) is 10.0 Å². The normalized spacial score (nSPS) is 23.6. The number of aromatic amines is 1. The highest BCUT2D eigenvalue weighted by Crippen LogP contribution is 2.41. The molecule has 0 radical (unpaired) electrons. The molecule has 3 heterocycles. The molecule has 2 N–H and O–H groups in total. The van der Waals surface area contributed by atoms with Gasteiger partial charge in [0, 0.05) is 23.2 Å². The second-order valence-electron chi connectivity index (χ2n) is 8.26. The molecule has 6 nitrogen and oxygen atoms in total. The van der Waals surface area contributed by atoms with Gasteiger partial charge in [-0.05, 0) is 71.9 Å². The van der Waals surface area contributed by atoms with E-state index in [1.165, 1.54) is 16.4 Å². The smallest absolute Gasteiger partial charge is 0.245 e. The first kappa shape index (κ1) is 22.0. The van der Waals surface area contributed by atoms with E-state index >= 15 is 0 Å². The molecule has 2 saturated heterocycles. The lowest BCUT2D eigenvalue weighted by molar-refractivity contribution is 0.0769. The third-order valence-electron chi connectivity index (χ3n) is 6.21. The molecule has 0 aliphatic carbocycles. The summed E-state index contributed by atoms with van der Waals surface area (Å²) in [5.41, 5.74) is 1.78. The number of aliphatic hydroxyl groups is 1. The summed E-state index contributed by atoms with van der Waals surface area (Å²) < 4.78 is 42.9. The fraction of sp³-hybridized carbons (Fsp3) is 0.318. The number of imidazole rings is 1. The summed E-state index contributed by atoms with van der Waals surface area (Å²) in [6.07, 6.45) is 3.47. The van der Waals surface area contributed by atoms with Gasteiger partial charge < -0.3 is 10.1 Å². The number of aliphatic hydroxyl groups excluding tert-OH is 1. The molecule has 32 heavy (non-hydrogen) atoms. The van der Waals surface area contributed by atoms with E-state index in [1.54, 1.807) is 30.5 Å². The van der Waals surface area contributed by atoms with Crippen LogP contribution in [-0.2, 0) is 10.0 Å². The maximum Gasteiger partial charge on any atom is 0.245 e. The van der Waals surface area contributed by atoms with Gasteiger partial charge in [-0.3, -0.25) is 0 Å². The van der Waals surface area contributed by atoms with Crippen molar-refractivity contribution in [3.8, 4) is 22.6 Å². The lowest BCUT2D eigenvalue weighted by atomic mass is 10.0. The molecule has 3 aromatic rings. The molecule has 5 rings (SSSR count). The van der Waals surface area contributed by atoms with Gasteiger partial charge in [-0.1, -0.05) is 17.7 Å². The van der Waals surface area contributed by atoms with Gasteiger partial charge in [-0.2, -0.15) is 4.31 Å². The number of rotatable bonds is 4. The Morgan fingerprint density at radius 1 is 1.12 bits per heavy atom. The minimum Gasteiger partial charge on any atom is -0.393 e. The van der Waals surface area contributed by atoms with E-state index in [1.807, 2.05) is 0 Å². The van der Waals surface area contributed by atoms with Crippen LogP contribution in [0, 0.1) is 5.82 Å². The molecule has 2 bridgehead atoms. The monoisotopic (exact) mass is 539 g/mol. The van der Waals surface area contributed by atoms with Gasteiger partial charge in [0.1, 0.15) is 16.5 Å². The number of piperidine rings is 1. The van der Waals surface area contributed by atoms with Crippen molar-refractivity contribution in [3.05, 3.63) is 57.9 Å². The Balaban J connectivity index is 1.50. The van der Waals surface area contributed by atoms with Crippen LogP contribution in [0.15, 0.2) is 52.0 Å². The number of nitrogens with zero attached hydrogens (tertiary/aromatic N) is 2. The van der Waals surface area contributed by atoms with Crippen LogP contribution in [0.4, 0.5) is 4.39 Å². The lowest BCUT2D eigenvalue weighted by Gasteiger charge is -2.36. The van der Waals surface area contributed by atoms with E-state index in [0.29, 0.717) is 40.0 Å². The molecule has 10 heteroatoms. The van der Waals surface area contributed by atoms with Crippen molar-refractivity contribution in [3.63, 3.8) is 0 Å². The number of benzene rings is 2. The quantitative estimate of drug-likeness (QED) is 0.489. The molecule has 3 atom stereocenters. The molecule has 168 valence electrons. The van der Waals surface area contributed by atoms with Gasteiger partial charge in [-0.15, -0.1) is 0 Å². The Kier molecular flexibility index (Phi) is 5.66. The van der Waals surface area contributed by atoms with Crippen LogP contribution < -0.4 is 0 Å². The molecule has 2 aliphatic rings. The topological polar surface area (TPSA) is 86.3 Å². The molecular formula is C22H20BrClFN3O3S. The third kappa shape index (κ3) is 3.80. The second-order valence-corrected chi connectivity index (χ2v) is 11.3. The van der Waals surface area contributed by atoms with Crippen molar-refractivity contribution < 1.29 is 17.9 Å². The Bertz CT molecular complexity index is 1290. The summed E-state index contributed by atoms with van der Waals surface area (Å²) in [5, 5.41) is 10.2. The maximum absolute atomic E-state index is 13.9. The van der Waals surface area contributed by atoms with Crippen LogP contribution >= 0.6 is 27.5 Å². The van der Waals surface area contributed by atoms with Crippen molar-refractivity contribution >= 4 is 37.6 Å². The highest BCUT2D eigenvalue weighted by Gasteiger charge is 2.47. The van der Waals surface area contributed by atoms with Crippen LogP contribution in [0.25, 0.3) is 22.6 Å². The standard InChI is InChI=1S/C22H20BrClFN3O3S/c23-17-5-1-12(7-19(17)25)20-11-26-22(27-20)13-2-6-18(24)21(8-13)32(30,31)28-14-3-4-15(28)10-16(29)9-14/h1-2,5-8,11,14-16,29H,3-4,9-10H2,(H,26,27)/t14-,15?,16+/m1/s1. The third-order valence-corrected chi connectivity index (χ3v) is 9.34. The number of hydrogen-bond acceptors (Lipinski definition) is 4. The number of hydrogen-bond donors (Lipinski definition) is 2. The van der Waals surface area contributed by atoms with Gasteiger partial charge in [0.15, 0.2) is 0 Å². The zero-order chi connectivity index (χ0) is 22.6. The van der Waals surface area contributed by atoms with Crippen LogP contribution in [-0.4, -0.2) is 46.0 Å². The summed E-state index contributed by atoms with van der Waals surface area (Å²) in [5.74, 6) is 0.0632. The van der Waals surface area contributed by atoms with Crippen molar-refractivity contribution in [2.75, 3.05) is 0 Å². The number of sulfonamides is 1. The Morgan fingerprint density at radius 3 is 2.50 bits per heavy atom. The van der Waals surface area contributed by atoms with E-state index in [0.717, 1.165) is 12.8 Å². The molecule has 2 aromatic carbocycles. The number of halogens is 3. The lowest BCUT2D eigenvalue weighted by Crippen LogP contribution is -2.47. The van der Waals surface area contributed by atoms with E-state index in [4.69, 9.17) is 11.6 Å². The number of nitrogens with one attached hydrogen (secondary N) is 1. The predicted octanol–water partition coefficient (Wildman–Crippen LogP) is 4.98. The molecule has 0 saturated carbocycles. The Labute approximate surface area is 198 Å². The highest BCUT2D eigenvalue weighted by molar-refractivity contribution is 9.10. The van der Waals surface area contributed by atoms with Gasteiger partial charge >= 0.3 is 0 Å². The van der Waals surface area contributed by atoms with E-state index in [-0.39, 0.29) is 27.8 Å². The Morgan fingerprint density at radius 2 is 1.81 bits per heavy atom. The van der Waals surface area contributed by atoms with Gasteiger partial charge in [-0.25, -0.2) is 17.8 Å². The number of aromatic nitrogens is 2. The van der Waals surface area contributed by atoms with E-state index in [2.05, 4.69) is 25.9 Å². The summed E-state index contributed by atoms with van der Waals surface area (Å²) in [7, 11) is -3.84. The maximum atomic E-state index is 13.9. The van der Waals surface area contributed by atoms with Crippen LogP contribution in [0.2, 0.25) is 5.02 Å². The fourth-order valence-electron chi connectivity index (χ4n) is 4.74. The van der Waals surface area contributed by atoms with Crippen LogP contribution in [0.5, 0.6) is 0 Å². The molecule has 0 spiro atoms. The average molecular weight is 541 g/mol. The first-order valence-corrected chi connectivity index (χ1v) is 12.9. The highest BCUT2D eigenvalue weighted by atomic mass is 79.9. The number of H-pyrrole nitrogens is 1. The largest absolute Gasteiger partial charge is 0.393 e. The van der Waals surface area contributed by atoms with E-state index in [9.17, 15) is 17.9 Å². The van der Waals surface area contributed by atoms with Crippen molar-refractivity contribution in [2.24, 2.45) is 0 Å².